The predicted octanol–water partition coefficient (Wildman–Crippen LogP) is 0.824. The molecule has 2 N–H and O–H groups in total. The number of rotatable bonds is 5. The first-order chi connectivity index (χ1) is 7.07. The topological polar surface area (TPSA) is 61.8 Å². The standard InChI is InChI=1S/C11H24N2O3/c1-10(2,15)8-13(5)9(14)12-7-11(3,4)16-6/h15H,7-8H2,1-6H3,(H,12,14). The maximum Gasteiger partial charge on any atom is 0.317 e. The van der Waals surface area contributed by atoms with Crippen LogP contribution in [0.4, 0.5) is 4.79 Å². The first kappa shape index (κ1) is 15.2. The minimum atomic E-state index is -0.886. The lowest BCUT2D eigenvalue weighted by atomic mass is 10.1. The third-order valence-corrected chi connectivity index (χ3v) is 2.19. The number of hydrogen-bond donors (Lipinski definition) is 2. The van der Waals surface area contributed by atoms with E-state index in [-0.39, 0.29) is 18.2 Å². The summed E-state index contributed by atoms with van der Waals surface area (Å²) < 4.78 is 5.19. The van der Waals surface area contributed by atoms with Gasteiger partial charge in [-0.15, -0.1) is 0 Å². The summed E-state index contributed by atoms with van der Waals surface area (Å²) in [5.74, 6) is 0. The SMILES string of the molecule is COC(C)(C)CNC(=O)N(C)CC(C)(C)O. The summed E-state index contributed by atoms with van der Waals surface area (Å²) in [5, 5.41) is 12.3. The van der Waals surface area contributed by atoms with Crippen molar-refractivity contribution in [2.45, 2.75) is 38.9 Å². The van der Waals surface area contributed by atoms with Crippen LogP contribution in [0.1, 0.15) is 27.7 Å². The van der Waals surface area contributed by atoms with Gasteiger partial charge in [-0.1, -0.05) is 0 Å². The van der Waals surface area contributed by atoms with Crippen LogP contribution in [-0.2, 0) is 4.74 Å². The van der Waals surface area contributed by atoms with Gasteiger partial charge in [0.05, 0.1) is 17.7 Å². The minimum absolute atomic E-state index is 0.216. The molecule has 2 amide bonds. The number of aliphatic hydroxyl groups is 1. The van der Waals surface area contributed by atoms with Crippen molar-refractivity contribution >= 4 is 6.03 Å². The summed E-state index contributed by atoms with van der Waals surface area (Å²) in [5.41, 5.74) is -1.27. The predicted molar refractivity (Wildman–Crippen MR) is 63.4 cm³/mol. The summed E-state index contributed by atoms with van der Waals surface area (Å²) >= 11 is 0. The highest BCUT2D eigenvalue weighted by Crippen LogP contribution is 2.06. The number of methoxy groups -OCH3 is 1. The molecule has 0 aromatic rings. The third kappa shape index (κ3) is 6.63. The molecular formula is C11H24N2O3. The van der Waals surface area contributed by atoms with E-state index >= 15 is 0 Å². The summed E-state index contributed by atoms with van der Waals surface area (Å²) in [6.07, 6.45) is 0. The van der Waals surface area contributed by atoms with Crippen molar-refractivity contribution < 1.29 is 14.6 Å². The molecule has 0 heterocycles. The molecule has 0 fully saturated rings. The molecule has 0 rings (SSSR count). The van der Waals surface area contributed by atoms with Crippen molar-refractivity contribution in [3.05, 3.63) is 0 Å². The number of carbonyl (C=O) groups excluding carboxylic acids is 1. The van der Waals surface area contributed by atoms with Crippen LogP contribution in [0.2, 0.25) is 0 Å². The Morgan fingerprint density at radius 2 is 1.88 bits per heavy atom. The molecule has 0 saturated carbocycles. The maximum absolute atomic E-state index is 11.6. The Balaban J connectivity index is 4.08. The number of amides is 2. The molecule has 0 saturated heterocycles. The van der Waals surface area contributed by atoms with E-state index in [1.165, 1.54) is 4.90 Å². The number of urea groups is 1. The molecule has 16 heavy (non-hydrogen) atoms. The largest absolute Gasteiger partial charge is 0.389 e. The lowest BCUT2D eigenvalue weighted by Gasteiger charge is -2.28. The second-order valence-corrected chi connectivity index (χ2v) is 5.29. The van der Waals surface area contributed by atoms with Gasteiger partial charge in [-0.2, -0.15) is 0 Å². The Bertz CT molecular complexity index is 234. The van der Waals surface area contributed by atoms with E-state index in [0.717, 1.165) is 0 Å². The monoisotopic (exact) mass is 232 g/mol. The molecule has 0 aliphatic heterocycles. The molecule has 96 valence electrons. The van der Waals surface area contributed by atoms with Crippen LogP contribution in [0.15, 0.2) is 0 Å². The number of ether oxygens (including phenoxy) is 1. The molecule has 0 spiro atoms. The molecule has 0 aromatic heterocycles. The van der Waals surface area contributed by atoms with Gasteiger partial charge in [0.25, 0.3) is 0 Å². The molecule has 5 heteroatoms. The zero-order valence-corrected chi connectivity index (χ0v) is 11.1. The van der Waals surface area contributed by atoms with E-state index in [1.807, 2.05) is 13.8 Å². The molecule has 0 aliphatic rings. The van der Waals surface area contributed by atoms with E-state index in [4.69, 9.17) is 4.74 Å². The number of nitrogens with zero attached hydrogens (tertiary/aromatic N) is 1. The molecule has 0 radical (unpaired) electrons. The number of nitrogens with one attached hydrogen (secondary N) is 1. The van der Waals surface area contributed by atoms with Gasteiger partial charge in [0.2, 0.25) is 0 Å². The Morgan fingerprint density at radius 1 is 1.38 bits per heavy atom. The molecule has 0 aliphatic carbocycles. The number of hydrogen-bond acceptors (Lipinski definition) is 3. The van der Waals surface area contributed by atoms with Crippen LogP contribution in [0.3, 0.4) is 0 Å². The summed E-state index contributed by atoms with van der Waals surface area (Å²) in [4.78, 5) is 13.1. The van der Waals surface area contributed by atoms with Crippen LogP contribution in [0.25, 0.3) is 0 Å². The molecule has 5 nitrogen and oxygen atoms in total. The Morgan fingerprint density at radius 3 is 2.25 bits per heavy atom. The highest BCUT2D eigenvalue weighted by molar-refractivity contribution is 5.73. The van der Waals surface area contributed by atoms with Crippen molar-refractivity contribution in [3.63, 3.8) is 0 Å². The number of carbonyl (C=O) groups is 1. The van der Waals surface area contributed by atoms with E-state index in [9.17, 15) is 9.90 Å². The van der Waals surface area contributed by atoms with Crippen molar-refractivity contribution in [2.24, 2.45) is 0 Å². The maximum atomic E-state index is 11.6. The first-order valence-electron chi connectivity index (χ1n) is 5.34. The zero-order valence-electron chi connectivity index (χ0n) is 11.1. The summed E-state index contributed by atoms with van der Waals surface area (Å²) in [6, 6.07) is -0.216. The van der Waals surface area contributed by atoms with Crippen molar-refractivity contribution in [3.8, 4) is 0 Å². The zero-order chi connectivity index (χ0) is 13.0. The second-order valence-electron chi connectivity index (χ2n) is 5.29. The molecule has 0 bridgehead atoms. The third-order valence-electron chi connectivity index (χ3n) is 2.19. The lowest BCUT2D eigenvalue weighted by molar-refractivity contribution is 0.0225. The fourth-order valence-corrected chi connectivity index (χ4v) is 1.15. The molecule has 0 unspecified atom stereocenters. The van der Waals surface area contributed by atoms with Gasteiger partial charge in [-0.25, -0.2) is 4.79 Å². The molecule has 0 atom stereocenters. The number of likely N-dealkylation sites (N-methyl/N-ethyl adjacent to an activating group) is 1. The first-order valence-corrected chi connectivity index (χ1v) is 5.34. The van der Waals surface area contributed by atoms with Crippen molar-refractivity contribution in [2.75, 3.05) is 27.2 Å². The summed E-state index contributed by atoms with van der Waals surface area (Å²) in [7, 11) is 3.25. The quantitative estimate of drug-likeness (QED) is 0.738. The van der Waals surface area contributed by atoms with E-state index in [2.05, 4.69) is 5.32 Å². The van der Waals surface area contributed by atoms with Crippen molar-refractivity contribution in [1.29, 1.82) is 0 Å². The Hall–Kier alpha value is -0.810. The fourth-order valence-electron chi connectivity index (χ4n) is 1.15. The highest BCUT2D eigenvalue weighted by atomic mass is 16.5. The Labute approximate surface area is 97.8 Å². The lowest BCUT2D eigenvalue weighted by Crippen LogP contribution is -2.48. The van der Waals surface area contributed by atoms with Gasteiger partial charge in [0.1, 0.15) is 0 Å². The van der Waals surface area contributed by atoms with E-state index < -0.39 is 5.60 Å². The fraction of sp³-hybridized carbons (Fsp3) is 0.909. The normalized spacial score (nSPS) is 12.4. The van der Waals surface area contributed by atoms with Crippen LogP contribution in [0.5, 0.6) is 0 Å². The Kier molecular flexibility index (Phi) is 5.22. The van der Waals surface area contributed by atoms with Crippen LogP contribution >= 0.6 is 0 Å². The average molecular weight is 232 g/mol. The molecular weight excluding hydrogens is 208 g/mol. The van der Waals surface area contributed by atoms with Gasteiger partial charge < -0.3 is 20.1 Å². The second kappa shape index (κ2) is 5.50. The van der Waals surface area contributed by atoms with Gasteiger partial charge in [0, 0.05) is 20.7 Å². The highest BCUT2D eigenvalue weighted by Gasteiger charge is 2.22. The summed E-state index contributed by atoms with van der Waals surface area (Å²) in [6.45, 7) is 7.82. The van der Waals surface area contributed by atoms with Gasteiger partial charge in [-0.05, 0) is 27.7 Å². The van der Waals surface area contributed by atoms with Gasteiger partial charge in [0.15, 0.2) is 0 Å². The minimum Gasteiger partial charge on any atom is -0.389 e. The van der Waals surface area contributed by atoms with Crippen LogP contribution in [-0.4, -0.2) is 54.5 Å². The van der Waals surface area contributed by atoms with Crippen LogP contribution in [0, 0.1) is 0 Å². The average Bonchev–Trinajstić information content (AvgIpc) is 2.11. The van der Waals surface area contributed by atoms with Crippen molar-refractivity contribution in [1.82, 2.24) is 10.2 Å². The van der Waals surface area contributed by atoms with E-state index in [1.54, 1.807) is 28.0 Å². The van der Waals surface area contributed by atoms with Crippen LogP contribution < -0.4 is 5.32 Å². The smallest absolute Gasteiger partial charge is 0.317 e. The molecule has 0 aromatic carbocycles. The van der Waals surface area contributed by atoms with E-state index in [0.29, 0.717) is 6.54 Å². The van der Waals surface area contributed by atoms with Gasteiger partial charge in [-0.3, -0.25) is 0 Å². The van der Waals surface area contributed by atoms with Gasteiger partial charge >= 0.3 is 6.03 Å².